The summed E-state index contributed by atoms with van der Waals surface area (Å²) in [5, 5.41) is 14.0. The van der Waals surface area contributed by atoms with Crippen LogP contribution in [0.1, 0.15) is 19.8 Å². The first kappa shape index (κ1) is 16.1. The summed E-state index contributed by atoms with van der Waals surface area (Å²) in [6.07, 6.45) is 8.98. The number of imidazole rings is 1. The predicted octanol–water partition coefficient (Wildman–Crippen LogP) is 2.61. The summed E-state index contributed by atoms with van der Waals surface area (Å²) >= 11 is 0. The highest BCUT2D eigenvalue weighted by atomic mass is 16.5. The van der Waals surface area contributed by atoms with Gasteiger partial charge in [-0.05, 0) is 31.9 Å². The second kappa shape index (κ2) is 5.68. The van der Waals surface area contributed by atoms with E-state index in [4.69, 9.17) is 4.74 Å². The smallest absolute Gasteiger partial charge is 0.228 e. The lowest BCUT2D eigenvalue weighted by molar-refractivity contribution is -0.0236. The number of rotatable bonds is 4. The number of H-pyrrole nitrogens is 1. The number of pyridine rings is 1. The Morgan fingerprint density at radius 2 is 2.19 bits per heavy atom. The van der Waals surface area contributed by atoms with Gasteiger partial charge in [-0.1, -0.05) is 0 Å². The Balaban J connectivity index is 1.55. The second-order valence-corrected chi connectivity index (χ2v) is 7.34. The van der Waals surface area contributed by atoms with Gasteiger partial charge in [0.2, 0.25) is 11.8 Å². The van der Waals surface area contributed by atoms with Gasteiger partial charge < -0.3 is 24.5 Å². The van der Waals surface area contributed by atoms with Gasteiger partial charge in [-0.15, -0.1) is 0 Å². The lowest BCUT2D eigenvalue weighted by Crippen LogP contribution is -2.48. The fourth-order valence-corrected chi connectivity index (χ4v) is 3.81. The van der Waals surface area contributed by atoms with Crippen LogP contribution in [0.15, 0.2) is 36.9 Å². The molecule has 27 heavy (non-hydrogen) atoms. The summed E-state index contributed by atoms with van der Waals surface area (Å²) in [5.74, 6) is 1.01. The van der Waals surface area contributed by atoms with Gasteiger partial charge in [0.05, 0.1) is 18.1 Å². The SMILES string of the molecule is COc1nc(N[C@H]2C[C@](C)(O)C2)nc2[nH]cc(-c3ccc4nccn4c3)c12. The predicted molar refractivity (Wildman–Crippen MR) is 102 cm³/mol. The monoisotopic (exact) mass is 364 g/mol. The lowest BCUT2D eigenvalue weighted by Gasteiger charge is -2.41. The molecule has 0 bridgehead atoms. The average molecular weight is 364 g/mol. The van der Waals surface area contributed by atoms with Crippen molar-refractivity contribution >= 4 is 22.6 Å². The molecule has 5 rings (SSSR count). The maximum absolute atomic E-state index is 9.91. The van der Waals surface area contributed by atoms with Crippen LogP contribution in [0, 0.1) is 0 Å². The van der Waals surface area contributed by atoms with Crippen molar-refractivity contribution in [3.05, 3.63) is 36.9 Å². The molecule has 1 fully saturated rings. The molecule has 0 spiro atoms. The van der Waals surface area contributed by atoms with E-state index in [0.29, 0.717) is 30.3 Å². The Labute approximate surface area is 155 Å². The molecule has 0 radical (unpaired) electrons. The van der Waals surface area contributed by atoms with Crippen LogP contribution in [0.3, 0.4) is 0 Å². The van der Waals surface area contributed by atoms with E-state index in [1.807, 2.05) is 42.0 Å². The molecule has 8 heteroatoms. The highest BCUT2D eigenvalue weighted by Gasteiger charge is 2.38. The van der Waals surface area contributed by atoms with E-state index in [9.17, 15) is 5.11 Å². The number of nitrogens with zero attached hydrogens (tertiary/aromatic N) is 4. The highest BCUT2D eigenvalue weighted by molar-refractivity contribution is 5.97. The lowest BCUT2D eigenvalue weighted by atomic mass is 9.77. The van der Waals surface area contributed by atoms with Gasteiger partial charge in [0.1, 0.15) is 11.3 Å². The zero-order valence-electron chi connectivity index (χ0n) is 15.1. The molecule has 0 unspecified atom stereocenters. The number of aromatic nitrogens is 5. The van der Waals surface area contributed by atoms with Gasteiger partial charge in [0, 0.05) is 42.0 Å². The van der Waals surface area contributed by atoms with E-state index >= 15 is 0 Å². The van der Waals surface area contributed by atoms with E-state index < -0.39 is 5.60 Å². The van der Waals surface area contributed by atoms with E-state index in [1.54, 1.807) is 13.3 Å². The molecular weight excluding hydrogens is 344 g/mol. The summed E-state index contributed by atoms with van der Waals surface area (Å²) in [7, 11) is 1.61. The third-order valence-corrected chi connectivity index (χ3v) is 5.10. The van der Waals surface area contributed by atoms with Crippen molar-refractivity contribution in [1.29, 1.82) is 0 Å². The first-order chi connectivity index (χ1) is 13.0. The molecule has 138 valence electrons. The number of methoxy groups -OCH3 is 1. The molecule has 0 aromatic carbocycles. The van der Waals surface area contributed by atoms with Crippen LogP contribution >= 0.6 is 0 Å². The van der Waals surface area contributed by atoms with Gasteiger partial charge in [0.15, 0.2) is 0 Å². The molecule has 1 aliphatic rings. The minimum Gasteiger partial charge on any atom is -0.480 e. The zero-order chi connectivity index (χ0) is 18.6. The molecule has 3 N–H and O–H groups in total. The summed E-state index contributed by atoms with van der Waals surface area (Å²) in [6, 6.07) is 4.16. The molecule has 4 aromatic rings. The molecule has 8 nitrogen and oxygen atoms in total. The summed E-state index contributed by atoms with van der Waals surface area (Å²) in [6.45, 7) is 1.84. The van der Waals surface area contributed by atoms with Crippen LogP contribution < -0.4 is 10.1 Å². The first-order valence-electron chi connectivity index (χ1n) is 8.87. The summed E-state index contributed by atoms with van der Waals surface area (Å²) in [4.78, 5) is 16.6. The highest BCUT2D eigenvalue weighted by Crippen LogP contribution is 2.36. The zero-order valence-corrected chi connectivity index (χ0v) is 15.1. The number of aliphatic hydroxyl groups is 1. The molecule has 4 aromatic heterocycles. The first-order valence-corrected chi connectivity index (χ1v) is 8.87. The third kappa shape index (κ3) is 2.69. The van der Waals surface area contributed by atoms with Gasteiger partial charge in [-0.25, -0.2) is 4.98 Å². The molecule has 4 heterocycles. The van der Waals surface area contributed by atoms with Crippen LogP contribution in [-0.2, 0) is 0 Å². The summed E-state index contributed by atoms with van der Waals surface area (Å²) < 4.78 is 7.53. The standard InChI is InChI=1S/C19H20N6O2/c1-19(26)7-12(8-19)22-18-23-16-15(17(24-18)27-2)13(9-21-16)11-3-4-14-20-5-6-25(14)10-11/h3-6,9-10,12,26H,7-8H2,1-2H3,(H2,21,22,23,24)/t12-,19-. The maximum atomic E-state index is 9.91. The Morgan fingerprint density at radius 3 is 2.96 bits per heavy atom. The van der Waals surface area contributed by atoms with E-state index in [2.05, 4.69) is 25.3 Å². The van der Waals surface area contributed by atoms with E-state index in [0.717, 1.165) is 22.2 Å². The van der Waals surface area contributed by atoms with Crippen molar-refractivity contribution in [2.24, 2.45) is 0 Å². The van der Waals surface area contributed by atoms with Crippen molar-refractivity contribution < 1.29 is 9.84 Å². The van der Waals surface area contributed by atoms with Crippen molar-refractivity contribution in [1.82, 2.24) is 24.3 Å². The molecule has 0 atom stereocenters. The number of ether oxygens (including phenoxy) is 1. The van der Waals surface area contributed by atoms with Crippen LogP contribution in [0.5, 0.6) is 5.88 Å². The Hall–Kier alpha value is -3.13. The average Bonchev–Trinajstić information content (AvgIpc) is 3.25. The number of hydrogen-bond acceptors (Lipinski definition) is 6. The van der Waals surface area contributed by atoms with E-state index in [1.165, 1.54) is 0 Å². The fourth-order valence-electron chi connectivity index (χ4n) is 3.81. The quantitative estimate of drug-likeness (QED) is 0.515. The Bertz CT molecular complexity index is 1140. The topological polar surface area (TPSA) is 100 Å². The molecule has 0 amide bonds. The maximum Gasteiger partial charge on any atom is 0.228 e. The Kier molecular flexibility index (Phi) is 3.38. The van der Waals surface area contributed by atoms with Gasteiger partial charge in [-0.2, -0.15) is 9.97 Å². The van der Waals surface area contributed by atoms with Crippen molar-refractivity contribution in [3.8, 4) is 17.0 Å². The largest absolute Gasteiger partial charge is 0.480 e. The second-order valence-electron chi connectivity index (χ2n) is 7.34. The molecule has 1 aliphatic carbocycles. The molecule has 1 saturated carbocycles. The number of anilines is 1. The molecule has 0 aliphatic heterocycles. The normalized spacial score (nSPS) is 22.1. The minimum atomic E-state index is -0.600. The van der Waals surface area contributed by atoms with Crippen LogP contribution in [-0.4, -0.2) is 48.2 Å². The number of aromatic amines is 1. The van der Waals surface area contributed by atoms with Crippen molar-refractivity contribution in [2.75, 3.05) is 12.4 Å². The van der Waals surface area contributed by atoms with E-state index in [-0.39, 0.29) is 6.04 Å². The van der Waals surface area contributed by atoms with Gasteiger partial charge in [0.25, 0.3) is 0 Å². The Morgan fingerprint density at radius 1 is 1.33 bits per heavy atom. The van der Waals surface area contributed by atoms with Crippen LogP contribution in [0.4, 0.5) is 5.95 Å². The van der Waals surface area contributed by atoms with Crippen LogP contribution in [0.25, 0.3) is 27.8 Å². The van der Waals surface area contributed by atoms with Crippen molar-refractivity contribution in [3.63, 3.8) is 0 Å². The van der Waals surface area contributed by atoms with Gasteiger partial charge in [-0.3, -0.25) is 0 Å². The van der Waals surface area contributed by atoms with Gasteiger partial charge >= 0.3 is 0 Å². The minimum absolute atomic E-state index is 0.167. The number of fused-ring (bicyclic) bond motifs is 2. The molecular formula is C19H20N6O2. The third-order valence-electron chi connectivity index (χ3n) is 5.10. The molecule has 0 saturated heterocycles. The summed E-state index contributed by atoms with van der Waals surface area (Å²) in [5.41, 5.74) is 2.98. The number of nitrogens with one attached hydrogen (secondary N) is 2. The fraction of sp³-hybridized carbons (Fsp3) is 0.316. The number of hydrogen-bond donors (Lipinski definition) is 3. The van der Waals surface area contributed by atoms with Crippen LogP contribution in [0.2, 0.25) is 0 Å². The van der Waals surface area contributed by atoms with Crippen molar-refractivity contribution in [2.45, 2.75) is 31.4 Å².